The second-order valence-corrected chi connectivity index (χ2v) is 8.78. The van der Waals surface area contributed by atoms with E-state index in [1.54, 1.807) is 0 Å². The standard InChI is InChI=1S/C22H28O2/c1-4-14-13-21(3)19(10-11-22(21,24)5-2)18-8-6-15-12-16(23)7-9-17(15)20(14)18/h2,4,12,14,17-20,24H,1,6-11,13H2,3H3/t14-,17?,18?,19?,20?,21-,22-/m0/s1. The van der Waals surface area contributed by atoms with Crippen molar-refractivity contribution in [3.8, 4) is 12.3 Å². The van der Waals surface area contributed by atoms with Crippen molar-refractivity contribution in [2.24, 2.45) is 35.0 Å². The van der Waals surface area contributed by atoms with Crippen LogP contribution in [0.25, 0.3) is 0 Å². The van der Waals surface area contributed by atoms with E-state index in [1.807, 2.05) is 6.08 Å². The molecule has 2 nitrogen and oxygen atoms in total. The Morgan fingerprint density at radius 2 is 2.17 bits per heavy atom. The molecule has 4 aliphatic carbocycles. The van der Waals surface area contributed by atoms with Gasteiger partial charge < -0.3 is 5.11 Å². The summed E-state index contributed by atoms with van der Waals surface area (Å²) in [7, 11) is 0. The van der Waals surface area contributed by atoms with Crippen molar-refractivity contribution in [3.63, 3.8) is 0 Å². The summed E-state index contributed by atoms with van der Waals surface area (Å²) in [5, 5.41) is 11.1. The van der Waals surface area contributed by atoms with E-state index in [4.69, 9.17) is 6.42 Å². The molecular weight excluding hydrogens is 296 g/mol. The number of terminal acetylenes is 1. The molecule has 0 spiro atoms. The van der Waals surface area contributed by atoms with Gasteiger partial charge in [-0.1, -0.05) is 24.5 Å². The molecule has 0 saturated heterocycles. The molecule has 0 amide bonds. The molecule has 0 bridgehead atoms. The third-order valence-corrected chi connectivity index (χ3v) is 8.04. The molecule has 4 unspecified atom stereocenters. The lowest BCUT2D eigenvalue weighted by molar-refractivity contribution is -0.118. The number of aliphatic hydroxyl groups is 1. The largest absolute Gasteiger partial charge is 0.377 e. The van der Waals surface area contributed by atoms with Gasteiger partial charge >= 0.3 is 0 Å². The monoisotopic (exact) mass is 324 g/mol. The predicted octanol–water partition coefficient (Wildman–Crippen LogP) is 3.90. The van der Waals surface area contributed by atoms with E-state index >= 15 is 0 Å². The minimum atomic E-state index is -0.970. The van der Waals surface area contributed by atoms with Crippen molar-refractivity contribution >= 4 is 5.78 Å². The first-order valence-corrected chi connectivity index (χ1v) is 9.49. The molecule has 3 fully saturated rings. The topological polar surface area (TPSA) is 37.3 Å². The van der Waals surface area contributed by atoms with Gasteiger partial charge in [0.15, 0.2) is 5.78 Å². The van der Waals surface area contributed by atoms with Gasteiger partial charge in [-0.05, 0) is 74.2 Å². The van der Waals surface area contributed by atoms with Crippen LogP contribution in [0.5, 0.6) is 0 Å². The molecule has 24 heavy (non-hydrogen) atoms. The first kappa shape index (κ1) is 16.2. The first-order chi connectivity index (χ1) is 11.4. The lowest BCUT2D eigenvalue weighted by atomic mass is 9.47. The van der Waals surface area contributed by atoms with Crippen molar-refractivity contribution in [3.05, 3.63) is 24.3 Å². The molecule has 0 aromatic rings. The molecule has 3 saturated carbocycles. The van der Waals surface area contributed by atoms with Crippen LogP contribution in [0.1, 0.15) is 51.9 Å². The molecule has 0 aliphatic heterocycles. The van der Waals surface area contributed by atoms with E-state index in [2.05, 4.69) is 25.5 Å². The number of fused-ring (bicyclic) bond motifs is 5. The lowest BCUT2D eigenvalue weighted by Gasteiger charge is -2.57. The SMILES string of the molecule is C#C[C@]1(O)CCC2C3CCC4=CC(=O)CCC4C3[C@@H](C=C)C[C@@]21C. The van der Waals surface area contributed by atoms with Gasteiger partial charge in [0.05, 0.1) is 0 Å². The van der Waals surface area contributed by atoms with Gasteiger partial charge in [0.25, 0.3) is 0 Å². The summed E-state index contributed by atoms with van der Waals surface area (Å²) in [5.74, 6) is 5.65. The highest BCUT2D eigenvalue weighted by Crippen LogP contribution is 2.66. The molecule has 0 aromatic heterocycles. The molecule has 1 N–H and O–H groups in total. The van der Waals surface area contributed by atoms with Gasteiger partial charge in [-0.15, -0.1) is 13.0 Å². The van der Waals surface area contributed by atoms with Crippen LogP contribution in [-0.4, -0.2) is 16.5 Å². The normalized spacial score (nSPS) is 50.1. The van der Waals surface area contributed by atoms with Crippen LogP contribution in [-0.2, 0) is 4.79 Å². The smallest absolute Gasteiger partial charge is 0.155 e. The van der Waals surface area contributed by atoms with Gasteiger partial charge in [0.2, 0.25) is 0 Å². The zero-order valence-corrected chi connectivity index (χ0v) is 14.6. The Bertz CT molecular complexity index is 653. The number of rotatable bonds is 1. The van der Waals surface area contributed by atoms with E-state index in [1.165, 1.54) is 5.57 Å². The number of carbonyl (C=O) groups is 1. The number of hydrogen-bond acceptors (Lipinski definition) is 2. The molecule has 2 heteroatoms. The van der Waals surface area contributed by atoms with Crippen LogP contribution in [0, 0.1) is 47.3 Å². The van der Waals surface area contributed by atoms with Crippen molar-refractivity contribution in [1.29, 1.82) is 0 Å². The summed E-state index contributed by atoms with van der Waals surface area (Å²) in [4.78, 5) is 11.8. The highest BCUT2D eigenvalue weighted by molar-refractivity contribution is 5.91. The summed E-state index contributed by atoms with van der Waals surface area (Å²) in [6.45, 7) is 6.34. The number of hydrogen-bond donors (Lipinski definition) is 1. The molecular formula is C22H28O2. The third kappa shape index (κ3) is 1.97. The van der Waals surface area contributed by atoms with Crippen molar-refractivity contribution in [2.45, 2.75) is 57.5 Å². The molecule has 0 heterocycles. The molecule has 0 radical (unpaired) electrons. The minimum absolute atomic E-state index is 0.201. The number of ketones is 1. The van der Waals surface area contributed by atoms with E-state index in [-0.39, 0.29) is 5.41 Å². The summed E-state index contributed by atoms with van der Waals surface area (Å²) in [5.41, 5.74) is 0.212. The van der Waals surface area contributed by atoms with E-state index in [0.717, 1.165) is 38.5 Å². The highest BCUT2D eigenvalue weighted by atomic mass is 16.3. The van der Waals surface area contributed by atoms with Crippen molar-refractivity contribution in [1.82, 2.24) is 0 Å². The lowest BCUT2D eigenvalue weighted by Crippen LogP contribution is -2.55. The molecule has 4 aliphatic rings. The Kier molecular flexibility index (Phi) is 3.59. The molecule has 0 aromatic carbocycles. The zero-order valence-electron chi connectivity index (χ0n) is 14.6. The van der Waals surface area contributed by atoms with Gasteiger partial charge in [0, 0.05) is 11.8 Å². The Hall–Kier alpha value is -1.33. The Labute approximate surface area is 145 Å². The van der Waals surface area contributed by atoms with Crippen molar-refractivity contribution < 1.29 is 9.90 Å². The fourth-order valence-corrected chi connectivity index (χ4v) is 6.86. The quantitative estimate of drug-likeness (QED) is 0.586. The van der Waals surface area contributed by atoms with Crippen LogP contribution in [0.3, 0.4) is 0 Å². The Morgan fingerprint density at radius 1 is 1.38 bits per heavy atom. The maximum atomic E-state index is 11.8. The van der Waals surface area contributed by atoms with E-state index < -0.39 is 5.60 Å². The van der Waals surface area contributed by atoms with E-state index in [0.29, 0.717) is 41.8 Å². The summed E-state index contributed by atoms with van der Waals surface area (Å²) < 4.78 is 0. The maximum Gasteiger partial charge on any atom is 0.155 e. The predicted molar refractivity (Wildman–Crippen MR) is 94.9 cm³/mol. The molecule has 7 atom stereocenters. The summed E-state index contributed by atoms with van der Waals surface area (Å²) >= 11 is 0. The van der Waals surface area contributed by atoms with Crippen LogP contribution in [0.4, 0.5) is 0 Å². The number of allylic oxidation sites excluding steroid dienone is 2. The van der Waals surface area contributed by atoms with Gasteiger partial charge in [-0.2, -0.15) is 0 Å². The summed E-state index contributed by atoms with van der Waals surface area (Å²) in [6, 6.07) is 0. The van der Waals surface area contributed by atoms with Crippen LogP contribution >= 0.6 is 0 Å². The summed E-state index contributed by atoms with van der Waals surface area (Å²) in [6.07, 6.45) is 16.4. The fourth-order valence-electron chi connectivity index (χ4n) is 6.86. The third-order valence-electron chi connectivity index (χ3n) is 8.04. The van der Waals surface area contributed by atoms with Crippen LogP contribution < -0.4 is 0 Å². The van der Waals surface area contributed by atoms with Crippen LogP contribution in [0.2, 0.25) is 0 Å². The second kappa shape index (κ2) is 5.33. The number of carbonyl (C=O) groups excluding carboxylic acids is 1. The maximum absolute atomic E-state index is 11.8. The van der Waals surface area contributed by atoms with E-state index in [9.17, 15) is 9.90 Å². The molecule has 4 rings (SSSR count). The van der Waals surface area contributed by atoms with Gasteiger partial charge in [-0.25, -0.2) is 0 Å². The Balaban J connectivity index is 1.74. The van der Waals surface area contributed by atoms with Gasteiger partial charge in [0.1, 0.15) is 5.60 Å². The Morgan fingerprint density at radius 3 is 2.88 bits per heavy atom. The van der Waals surface area contributed by atoms with Crippen LogP contribution in [0.15, 0.2) is 24.3 Å². The first-order valence-electron chi connectivity index (χ1n) is 9.49. The fraction of sp³-hybridized carbons (Fsp3) is 0.682. The van der Waals surface area contributed by atoms with Gasteiger partial charge in [-0.3, -0.25) is 4.79 Å². The molecule has 128 valence electrons. The highest BCUT2D eigenvalue weighted by Gasteiger charge is 2.63. The van der Waals surface area contributed by atoms with Crippen molar-refractivity contribution in [2.75, 3.05) is 0 Å². The average molecular weight is 324 g/mol. The zero-order chi connectivity index (χ0) is 17.1. The second-order valence-electron chi connectivity index (χ2n) is 8.78. The minimum Gasteiger partial charge on any atom is -0.377 e. The average Bonchev–Trinajstić information content (AvgIpc) is 2.85.